The van der Waals surface area contributed by atoms with E-state index in [1.165, 1.54) is 11.0 Å². The average Bonchev–Trinajstić information content (AvgIpc) is 3.34. The fraction of sp³-hybridized carbons (Fsp3) is 0.448. The van der Waals surface area contributed by atoms with Gasteiger partial charge >= 0.3 is 5.97 Å². The summed E-state index contributed by atoms with van der Waals surface area (Å²) in [6, 6.07) is 12.3. The van der Waals surface area contributed by atoms with Crippen LogP contribution < -0.4 is 0 Å². The molecule has 0 fully saturated rings. The quantitative estimate of drug-likeness (QED) is 0.269. The molecule has 1 atom stereocenters. The number of hydrogen-bond donors (Lipinski definition) is 1. The van der Waals surface area contributed by atoms with Gasteiger partial charge in [0.15, 0.2) is 5.69 Å². The maximum absolute atomic E-state index is 12.8. The Hall–Kier alpha value is -3.48. The van der Waals surface area contributed by atoms with Crippen LogP contribution in [0.4, 0.5) is 0 Å². The molecular formula is C29H37N3O4. The second kappa shape index (κ2) is 12.0. The molecule has 0 saturated carbocycles. The summed E-state index contributed by atoms with van der Waals surface area (Å²) in [4.78, 5) is 26.7. The smallest absolute Gasteiger partial charge is 0.310 e. The zero-order chi connectivity index (χ0) is 26.3. The first-order valence-electron chi connectivity index (χ1n) is 12.7. The number of phenolic OH excluding ortho intramolecular Hbond substituents is 1. The SMILES string of the molecule is CCCCC(CC)COC(=O)Cc1cc(-n2ncc(C(=O)c3ccccc3)n2)c(O)c(C(C)(C)C)c1. The summed E-state index contributed by atoms with van der Waals surface area (Å²) < 4.78 is 5.60. The number of unbranched alkanes of at least 4 members (excludes halogenated alkanes) is 1. The summed E-state index contributed by atoms with van der Waals surface area (Å²) in [7, 11) is 0. The lowest BCUT2D eigenvalue weighted by Gasteiger charge is -2.23. The Balaban J connectivity index is 1.86. The van der Waals surface area contributed by atoms with Gasteiger partial charge in [-0.1, -0.05) is 90.3 Å². The molecule has 0 radical (unpaired) electrons. The van der Waals surface area contributed by atoms with E-state index >= 15 is 0 Å². The number of rotatable bonds is 11. The summed E-state index contributed by atoms with van der Waals surface area (Å²) in [6.07, 6.45) is 5.71. The van der Waals surface area contributed by atoms with Crippen LogP contribution in [0.5, 0.6) is 5.75 Å². The van der Waals surface area contributed by atoms with E-state index in [1.807, 2.05) is 32.9 Å². The van der Waals surface area contributed by atoms with Crippen LogP contribution in [0.2, 0.25) is 0 Å². The van der Waals surface area contributed by atoms with Crippen LogP contribution in [0.3, 0.4) is 0 Å². The number of aromatic hydroxyl groups is 1. The molecule has 1 heterocycles. The predicted octanol–water partition coefficient (Wildman–Crippen LogP) is 5.80. The van der Waals surface area contributed by atoms with Crippen LogP contribution in [-0.4, -0.2) is 38.5 Å². The Morgan fingerprint density at radius 3 is 2.47 bits per heavy atom. The van der Waals surface area contributed by atoms with Crippen LogP contribution in [0, 0.1) is 5.92 Å². The second-order valence-electron chi connectivity index (χ2n) is 10.3. The van der Waals surface area contributed by atoms with Gasteiger partial charge in [-0.15, -0.1) is 9.90 Å². The number of phenols is 1. The fourth-order valence-electron chi connectivity index (χ4n) is 4.05. The lowest BCUT2D eigenvalue weighted by atomic mass is 9.84. The molecule has 0 aliphatic carbocycles. The molecule has 0 amide bonds. The molecule has 36 heavy (non-hydrogen) atoms. The molecule has 1 N–H and O–H groups in total. The highest BCUT2D eigenvalue weighted by molar-refractivity contribution is 6.07. The Labute approximate surface area is 213 Å². The predicted molar refractivity (Wildman–Crippen MR) is 140 cm³/mol. The lowest BCUT2D eigenvalue weighted by Crippen LogP contribution is -2.17. The highest BCUT2D eigenvalue weighted by Gasteiger charge is 2.24. The topological polar surface area (TPSA) is 94.3 Å². The molecule has 2 aromatic carbocycles. The van der Waals surface area contributed by atoms with Crippen LogP contribution in [0.1, 0.15) is 87.5 Å². The molecule has 7 nitrogen and oxygen atoms in total. The fourth-order valence-corrected chi connectivity index (χ4v) is 4.05. The van der Waals surface area contributed by atoms with Crippen LogP contribution >= 0.6 is 0 Å². The van der Waals surface area contributed by atoms with Gasteiger partial charge in [-0.25, -0.2) is 0 Å². The van der Waals surface area contributed by atoms with Crippen molar-refractivity contribution in [3.8, 4) is 11.4 Å². The summed E-state index contributed by atoms with van der Waals surface area (Å²) in [5.74, 6) is -0.191. The Morgan fingerprint density at radius 1 is 1.11 bits per heavy atom. The first-order valence-corrected chi connectivity index (χ1v) is 12.7. The van der Waals surface area contributed by atoms with E-state index in [1.54, 1.807) is 30.3 Å². The van der Waals surface area contributed by atoms with E-state index in [9.17, 15) is 14.7 Å². The first kappa shape index (κ1) is 27.1. The van der Waals surface area contributed by atoms with E-state index in [2.05, 4.69) is 24.0 Å². The molecule has 0 aliphatic heterocycles. The Kier molecular flexibility index (Phi) is 9.02. The average molecular weight is 492 g/mol. The Morgan fingerprint density at radius 2 is 1.83 bits per heavy atom. The van der Waals surface area contributed by atoms with Crippen molar-refractivity contribution in [1.29, 1.82) is 0 Å². The number of hydrogen-bond acceptors (Lipinski definition) is 6. The van der Waals surface area contributed by atoms with Gasteiger partial charge in [0.25, 0.3) is 0 Å². The number of carbonyl (C=O) groups is 2. The van der Waals surface area contributed by atoms with E-state index in [0.717, 1.165) is 25.7 Å². The van der Waals surface area contributed by atoms with Crippen molar-refractivity contribution >= 4 is 11.8 Å². The molecule has 3 rings (SSSR count). The second-order valence-corrected chi connectivity index (χ2v) is 10.3. The van der Waals surface area contributed by atoms with Crippen molar-refractivity contribution in [1.82, 2.24) is 15.0 Å². The third-order valence-corrected chi connectivity index (χ3v) is 6.31. The van der Waals surface area contributed by atoms with Gasteiger partial charge in [0.2, 0.25) is 5.78 Å². The third-order valence-electron chi connectivity index (χ3n) is 6.31. The molecule has 0 bridgehead atoms. The van der Waals surface area contributed by atoms with Gasteiger partial charge in [0.05, 0.1) is 19.2 Å². The maximum Gasteiger partial charge on any atom is 0.310 e. The number of carbonyl (C=O) groups excluding carboxylic acids is 2. The molecule has 0 spiro atoms. The monoisotopic (exact) mass is 491 g/mol. The van der Waals surface area contributed by atoms with Crippen molar-refractivity contribution in [3.05, 3.63) is 71.0 Å². The van der Waals surface area contributed by atoms with Crippen molar-refractivity contribution in [2.75, 3.05) is 6.61 Å². The van der Waals surface area contributed by atoms with E-state index in [0.29, 0.717) is 34.9 Å². The molecule has 3 aromatic rings. The highest BCUT2D eigenvalue weighted by atomic mass is 16.5. The minimum Gasteiger partial charge on any atom is -0.505 e. The van der Waals surface area contributed by atoms with E-state index in [-0.39, 0.29) is 29.6 Å². The zero-order valence-corrected chi connectivity index (χ0v) is 22.0. The summed E-state index contributed by atoms with van der Waals surface area (Å²) >= 11 is 0. The summed E-state index contributed by atoms with van der Waals surface area (Å²) in [5, 5.41) is 19.7. The molecule has 1 unspecified atom stereocenters. The van der Waals surface area contributed by atoms with Gasteiger partial charge in [-0.2, -0.15) is 5.10 Å². The molecule has 0 saturated heterocycles. The molecular weight excluding hydrogens is 454 g/mol. The summed E-state index contributed by atoms with van der Waals surface area (Å²) in [6.45, 7) is 10.6. The minimum absolute atomic E-state index is 0.0135. The van der Waals surface area contributed by atoms with Crippen LogP contribution in [0.15, 0.2) is 48.7 Å². The maximum atomic E-state index is 12.8. The molecule has 0 aliphatic rings. The number of aromatic nitrogens is 3. The minimum atomic E-state index is -0.401. The number of ketones is 1. The van der Waals surface area contributed by atoms with Gasteiger partial charge < -0.3 is 9.84 Å². The number of esters is 1. The van der Waals surface area contributed by atoms with Gasteiger partial charge in [0, 0.05) is 11.1 Å². The van der Waals surface area contributed by atoms with Gasteiger partial charge in [-0.05, 0) is 29.4 Å². The van der Waals surface area contributed by atoms with E-state index < -0.39 is 5.41 Å². The lowest BCUT2D eigenvalue weighted by molar-refractivity contribution is -0.144. The number of nitrogens with zero attached hydrogens (tertiary/aromatic N) is 3. The largest absolute Gasteiger partial charge is 0.505 e. The normalized spacial score (nSPS) is 12.4. The van der Waals surface area contributed by atoms with Crippen LogP contribution in [0.25, 0.3) is 5.69 Å². The van der Waals surface area contributed by atoms with Gasteiger partial charge in [-0.3, -0.25) is 9.59 Å². The molecule has 192 valence electrons. The van der Waals surface area contributed by atoms with Crippen molar-refractivity contribution in [3.63, 3.8) is 0 Å². The standard InChI is InChI=1S/C29H37N3O4/c1-6-8-12-20(7-2)19-36-26(33)17-21-15-23(29(3,4)5)28(35)25(16-21)32-30-18-24(31-32)27(34)22-13-10-9-11-14-22/h9-11,13-16,18,20,35H,6-8,12,17,19H2,1-5H3. The van der Waals surface area contributed by atoms with Gasteiger partial charge in [0.1, 0.15) is 11.4 Å². The van der Waals surface area contributed by atoms with E-state index in [4.69, 9.17) is 4.74 Å². The summed E-state index contributed by atoms with van der Waals surface area (Å²) in [5.41, 5.74) is 1.93. The van der Waals surface area contributed by atoms with Crippen LogP contribution in [-0.2, 0) is 21.4 Å². The van der Waals surface area contributed by atoms with Crippen molar-refractivity contribution in [2.45, 2.75) is 72.1 Å². The third kappa shape index (κ3) is 6.80. The number of ether oxygens (including phenoxy) is 1. The Bertz CT molecular complexity index is 1180. The first-order chi connectivity index (χ1) is 17.1. The zero-order valence-electron chi connectivity index (χ0n) is 22.0. The highest BCUT2D eigenvalue weighted by Crippen LogP contribution is 2.36. The van der Waals surface area contributed by atoms with Crippen molar-refractivity contribution < 1.29 is 19.4 Å². The molecule has 1 aromatic heterocycles. The van der Waals surface area contributed by atoms with Crippen molar-refractivity contribution in [2.24, 2.45) is 5.92 Å². The molecule has 7 heteroatoms. The number of benzene rings is 2.